The molecule has 130 valence electrons. The summed E-state index contributed by atoms with van der Waals surface area (Å²) in [5, 5.41) is 1.15. The second kappa shape index (κ2) is 8.04. The normalized spacial score (nSPS) is 13.2. The molecular formula is C16H17Cl3N2O2S. The highest BCUT2D eigenvalue weighted by molar-refractivity contribution is 7.89. The van der Waals surface area contributed by atoms with Gasteiger partial charge in [-0.05, 0) is 50.0 Å². The summed E-state index contributed by atoms with van der Waals surface area (Å²) < 4.78 is 28.0. The number of halogens is 3. The molecule has 0 aliphatic rings. The molecule has 0 radical (unpaired) electrons. The second-order valence-corrected chi connectivity index (χ2v) is 8.53. The van der Waals surface area contributed by atoms with E-state index in [4.69, 9.17) is 34.8 Å². The zero-order chi connectivity index (χ0) is 17.9. The van der Waals surface area contributed by atoms with Gasteiger partial charge in [0.15, 0.2) is 0 Å². The summed E-state index contributed by atoms with van der Waals surface area (Å²) in [6, 6.07) is 10.7. The molecule has 2 aromatic rings. The minimum atomic E-state index is -3.74. The largest absolute Gasteiger partial charge is 0.307 e. The summed E-state index contributed by atoms with van der Waals surface area (Å²) in [5.41, 5.74) is 0.726. The molecule has 0 spiro atoms. The van der Waals surface area contributed by atoms with Crippen LogP contribution in [0.5, 0.6) is 0 Å². The van der Waals surface area contributed by atoms with Crippen LogP contribution in [0.3, 0.4) is 0 Å². The van der Waals surface area contributed by atoms with Crippen molar-refractivity contribution in [1.82, 2.24) is 9.62 Å². The maximum absolute atomic E-state index is 12.7. The fourth-order valence-corrected chi connectivity index (χ4v) is 4.02. The van der Waals surface area contributed by atoms with E-state index < -0.39 is 16.1 Å². The van der Waals surface area contributed by atoms with Crippen molar-refractivity contribution in [2.24, 2.45) is 0 Å². The molecule has 24 heavy (non-hydrogen) atoms. The molecule has 0 unspecified atom stereocenters. The van der Waals surface area contributed by atoms with E-state index in [1.165, 1.54) is 12.1 Å². The van der Waals surface area contributed by atoms with Crippen LogP contribution in [0, 0.1) is 0 Å². The van der Waals surface area contributed by atoms with Crippen molar-refractivity contribution in [3.8, 4) is 0 Å². The molecule has 0 fully saturated rings. The van der Waals surface area contributed by atoms with Gasteiger partial charge in [-0.25, -0.2) is 13.1 Å². The molecule has 0 aliphatic carbocycles. The number of likely N-dealkylation sites (N-methyl/N-ethyl adjacent to an activating group) is 1. The number of nitrogens with one attached hydrogen (secondary N) is 1. The van der Waals surface area contributed by atoms with Crippen LogP contribution in [0.2, 0.25) is 15.1 Å². The van der Waals surface area contributed by atoms with Crippen molar-refractivity contribution in [2.45, 2.75) is 10.9 Å². The summed E-state index contributed by atoms with van der Waals surface area (Å²) in [5.74, 6) is 0. The van der Waals surface area contributed by atoms with Crippen molar-refractivity contribution >= 4 is 44.8 Å². The predicted molar refractivity (Wildman–Crippen MR) is 99.5 cm³/mol. The zero-order valence-corrected chi connectivity index (χ0v) is 16.2. The van der Waals surface area contributed by atoms with Crippen LogP contribution in [0.4, 0.5) is 0 Å². The summed E-state index contributed by atoms with van der Waals surface area (Å²) in [7, 11) is -0.0173. The summed E-state index contributed by atoms with van der Waals surface area (Å²) >= 11 is 17.9. The van der Waals surface area contributed by atoms with Crippen LogP contribution in [-0.2, 0) is 10.0 Å². The summed E-state index contributed by atoms with van der Waals surface area (Å²) in [6.45, 7) is 0.456. The molecule has 0 heterocycles. The second-order valence-electron chi connectivity index (χ2n) is 5.57. The molecule has 0 saturated heterocycles. The Morgan fingerprint density at radius 1 is 1.04 bits per heavy atom. The van der Waals surface area contributed by atoms with Crippen LogP contribution < -0.4 is 4.72 Å². The lowest BCUT2D eigenvalue weighted by Gasteiger charge is -2.23. The highest BCUT2D eigenvalue weighted by atomic mass is 35.5. The quantitative estimate of drug-likeness (QED) is 0.779. The molecule has 0 bridgehead atoms. The van der Waals surface area contributed by atoms with Crippen molar-refractivity contribution in [3.63, 3.8) is 0 Å². The number of rotatable bonds is 6. The highest BCUT2D eigenvalue weighted by Crippen LogP contribution is 2.27. The van der Waals surface area contributed by atoms with E-state index >= 15 is 0 Å². The molecule has 0 amide bonds. The highest BCUT2D eigenvalue weighted by Gasteiger charge is 2.22. The number of hydrogen-bond donors (Lipinski definition) is 1. The van der Waals surface area contributed by atoms with Crippen LogP contribution in [0.1, 0.15) is 11.6 Å². The topological polar surface area (TPSA) is 49.4 Å². The number of hydrogen-bond acceptors (Lipinski definition) is 3. The van der Waals surface area contributed by atoms with Gasteiger partial charge in [0, 0.05) is 11.6 Å². The van der Waals surface area contributed by atoms with E-state index in [9.17, 15) is 8.42 Å². The van der Waals surface area contributed by atoms with Crippen molar-refractivity contribution in [3.05, 3.63) is 63.1 Å². The molecule has 0 saturated carbocycles. The smallest absolute Gasteiger partial charge is 0.241 e. The van der Waals surface area contributed by atoms with E-state index in [2.05, 4.69) is 4.72 Å². The summed E-state index contributed by atoms with van der Waals surface area (Å²) in [6.07, 6.45) is 0. The van der Waals surface area contributed by atoms with Crippen LogP contribution >= 0.6 is 34.8 Å². The number of nitrogens with zero attached hydrogens (tertiary/aromatic N) is 1. The van der Waals surface area contributed by atoms with E-state index in [1.807, 2.05) is 19.0 Å². The average molecular weight is 408 g/mol. The monoisotopic (exact) mass is 406 g/mol. The van der Waals surface area contributed by atoms with E-state index in [0.29, 0.717) is 21.6 Å². The zero-order valence-electron chi connectivity index (χ0n) is 13.1. The minimum absolute atomic E-state index is 0.110. The lowest BCUT2D eigenvalue weighted by molar-refractivity contribution is 0.363. The Morgan fingerprint density at radius 3 is 2.33 bits per heavy atom. The molecule has 1 atom stereocenters. The van der Waals surface area contributed by atoms with E-state index in [-0.39, 0.29) is 4.90 Å². The Kier molecular flexibility index (Phi) is 6.53. The van der Waals surface area contributed by atoms with Crippen molar-refractivity contribution < 1.29 is 8.42 Å². The van der Waals surface area contributed by atoms with E-state index in [0.717, 1.165) is 5.56 Å². The molecule has 0 aliphatic heterocycles. The third-order valence-corrected chi connectivity index (χ3v) is 5.74. The standard InChI is InChI=1S/C16H17Cl3N2O2S/c1-21(2)10-16(11-6-7-14(18)15(19)8-11)20-24(22,23)13-5-3-4-12(17)9-13/h3-9,16,20H,10H2,1-2H3/t16-/m0/s1. The lowest BCUT2D eigenvalue weighted by atomic mass is 10.1. The third-order valence-electron chi connectivity index (χ3n) is 3.30. The Balaban J connectivity index is 2.36. The summed E-state index contributed by atoms with van der Waals surface area (Å²) in [4.78, 5) is 1.99. The first kappa shape index (κ1) is 19.5. The van der Waals surface area contributed by atoms with Crippen molar-refractivity contribution in [1.29, 1.82) is 0 Å². The van der Waals surface area contributed by atoms with Gasteiger partial charge < -0.3 is 4.90 Å². The number of sulfonamides is 1. The van der Waals surface area contributed by atoms with Gasteiger partial charge in [-0.15, -0.1) is 0 Å². The molecule has 4 nitrogen and oxygen atoms in total. The molecule has 2 rings (SSSR count). The lowest BCUT2D eigenvalue weighted by Crippen LogP contribution is -2.35. The van der Waals surface area contributed by atoms with Gasteiger partial charge in [0.05, 0.1) is 21.0 Å². The van der Waals surface area contributed by atoms with Gasteiger partial charge in [0.2, 0.25) is 10.0 Å². The number of benzene rings is 2. The Labute approximate surface area is 157 Å². The van der Waals surface area contributed by atoms with Gasteiger partial charge in [-0.2, -0.15) is 0 Å². The van der Waals surface area contributed by atoms with Crippen LogP contribution in [-0.4, -0.2) is 34.0 Å². The third kappa shape index (κ3) is 5.09. The van der Waals surface area contributed by atoms with Gasteiger partial charge in [-0.3, -0.25) is 0 Å². The first-order valence-electron chi connectivity index (χ1n) is 7.06. The Hall–Kier alpha value is -0.820. The fraction of sp³-hybridized carbons (Fsp3) is 0.250. The molecule has 8 heteroatoms. The Morgan fingerprint density at radius 2 is 1.75 bits per heavy atom. The predicted octanol–water partition coefficient (Wildman–Crippen LogP) is 4.23. The minimum Gasteiger partial charge on any atom is -0.307 e. The first-order valence-corrected chi connectivity index (χ1v) is 9.68. The Bertz CT molecular complexity index is 826. The molecule has 1 N–H and O–H groups in total. The van der Waals surface area contributed by atoms with Gasteiger partial charge in [0.1, 0.15) is 0 Å². The maximum Gasteiger partial charge on any atom is 0.241 e. The molecular weight excluding hydrogens is 391 g/mol. The maximum atomic E-state index is 12.7. The average Bonchev–Trinajstić information content (AvgIpc) is 2.48. The molecule has 2 aromatic carbocycles. The van der Waals surface area contributed by atoms with Crippen LogP contribution in [0.15, 0.2) is 47.4 Å². The van der Waals surface area contributed by atoms with Crippen molar-refractivity contribution in [2.75, 3.05) is 20.6 Å². The SMILES string of the molecule is CN(C)C[C@H](NS(=O)(=O)c1cccc(Cl)c1)c1ccc(Cl)c(Cl)c1. The van der Waals surface area contributed by atoms with Crippen LogP contribution in [0.25, 0.3) is 0 Å². The first-order chi connectivity index (χ1) is 11.2. The van der Waals surface area contributed by atoms with E-state index in [1.54, 1.807) is 30.3 Å². The molecule has 0 aromatic heterocycles. The van der Waals surface area contributed by atoms with Gasteiger partial charge >= 0.3 is 0 Å². The van der Waals surface area contributed by atoms with Gasteiger partial charge in [-0.1, -0.05) is 46.9 Å². The van der Waals surface area contributed by atoms with Gasteiger partial charge in [0.25, 0.3) is 0 Å². The fourth-order valence-electron chi connectivity index (χ4n) is 2.19.